The highest BCUT2D eigenvalue weighted by molar-refractivity contribution is 7.99. The van der Waals surface area contributed by atoms with Crippen LogP contribution in [-0.2, 0) is 22.4 Å². The van der Waals surface area contributed by atoms with Gasteiger partial charge in [-0.25, -0.2) is 4.98 Å². The Labute approximate surface area is 161 Å². The number of thiophene rings is 1. The van der Waals surface area contributed by atoms with Crippen molar-refractivity contribution in [2.45, 2.75) is 69.5 Å². The number of ether oxygens (including phenoxy) is 1. The molecule has 0 aromatic carbocycles. The summed E-state index contributed by atoms with van der Waals surface area (Å²) < 4.78 is 6.93. The average Bonchev–Trinajstić information content (AvgIpc) is 3.27. The number of aryl methyl sites for hydroxylation is 2. The van der Waals surface area contributed by atoms with Gasteiger partial charge in [-0.1, -0.05) is 24.6 Å². The summed E-state index contributed by atoms with van der Waals surface area (Å²) in [6.45, 7) is 2.18. The van der Waals surface area contributed by atoms with Gasteiger partial charge in [0.1, 0.15) is 4.83 Å². The number of hydrogen-bond acceptors (Lipinski definition) is 6. The van der Waals surface area contributed by atoms with Crippen LogP contribution in [0.3, 0.4) is 0 Å². The van der Waals surface area contributed by atoms with E-state index in [9.17, 15) is 9.59 Å². The molecule has 0 N–H and O–H groups in total. The number of carbonyl (C=O) groups is 1. The zero-order valence-corrected chi connectivity index (χ0v) is 16.7. The lowest BCUT2D eigenvalue weighted by Crippen LogP contribution is -2.27. The van der Waals surface area contributed by atoms with Gasteiger partial charge < -0.3 is 4.74 Å². The number of aromatic nitrogens is 2. The normalized spacial score (nSPS) is 17.6. The molecule has 140 valence electrons. The number of carbonyl (C=O) groups excluding carboxylic acids is 1. The molecule has 1 saturated carbocycles. The van der Waals surface area contributed by atoms with Gasteiger partial charge in [-0.15, -0.1) is 11.3 Å². The Bertz CT molecular complexity index is 881. The monoisotopic (exact) mass is 392 g/mol. The summed E-state index contributed by atoms with van der Waals surface area (Å²) >= 11 is 3.01. The third-order valence-corrected chi connectivity index (χ3v) is 7.41. The molecule has 0 atom stereocenters. The van der Waals surface area contributed by atoms with Crippen molar-refractivity contribution in [1.29, 1.82) is 0 Å². The van der Waals surface area contributed by atoms with E-state index in [1.807, 2.05) is 4.57 Å². The number of esters is 1. The van der Waals surface area contributed by atoms with Gasteiger partial charge in [0, 0.05) is 10.9 Å². The molecule has 2 aromatic heterocycles. The summed E-state index contributed by atoms with van der Waals surface area (Å²) in [5.41, 5.74) is 1.34. The van der Waals surface area contributed by atoms with Crippen LogP contribution in [0.5, 0.6) is 0 Å². The third-order valence-electron chi connectivity index (χ3n) is 5.30. The van der Waals surface area contributed by atoms with Crippen LogP contribution in [0.1, 0.15) is 61.9 Å². The Hall–Kier alpha value is -1.34. The summed E-state index contributed by atoms with van der Waals surface area (Å²) in [5, 5.41) is 1.53. The molecule has 7 heteroatoms. The van der Waals surface area contributed by atoms with Gasteiger partial charge in [0.2, 0.25) is 0 Å². The van der Waals surface area contributed by atoms with Gasteiger partial charge in [0.05, 0.1) is 17.7 Å². The van der Waals surface area contributed by atoms with E-state index >= 15 is 0 Å². The molecule has 0 saturated heterocycles. The van der Waals surface area contributed by atoms with Crippen molar-refractivity contribution in [3.63, 3.8) is 0 Å². The minimum absolute atomic E-state index is 0.104. The summed E-state index contributed by atoms with van der Waals surface area (Å²) in [6, 6.07) is 0.211. The van der Waals surface area contributed by atoms with Gasteiger partial charge in [-0.3, -0.25) is 14.2 Å². The van der Waals surface area contributed by atoms with Crippen molar-refractivity contribution >= 4 is 39.3 Å². The fraction of sp³-hybridized carbons (Fsp3) is 0.632. The summed E-state index contributed by atoms with van der Waals surface area (Å²) in [6.07, 6.45) is 8.75. The highest BCUT2D eigenvalue weighted by Crippen LogP contribution is 2.37. The molecule has 0 radical (unpaired) electrons. The lowest BCUT2D eigenvalue weighted by Gasteiger charge is -2.18. The summed E-state index contributed by atoms with van der Waals surface area (Å²) in [5.74, 6) is -0.0563. The largest absolute Gasteiger partial charge is 0.465 e. The molecule has 0 bridgehead atoms. The molecule has 0 spiro atoms. The summed E-state index contributed by atoms with van der Waals surface area (Å²) in [4.78, 5) is 32.3. The number of thioether (sulfide) groups is 1. The number of hydrogen-bond donors (Lipinski definition) is 0. The van der Waals surface area contributed by atoms with Crippen molar-refractivity contribution < 1.29 is 9.53 Å². The zero-order chi connectivity index (χ0) is 18.1. The molecule has 0 aliphatic heterocycles. The number of rotatable bonds is 5. The fourth-order valence-corrected chi connectivity index (χ4v) is 6.28. The van der Waals surface area contributed by atoms with E-state index in [2.05, 4.69) is 0 Å². The van der Waals surface area contributed by atoms with E-state index in [1.54, 1.807) is 18.3 Å². The topological polar surface area (TPSA) is 61.2 Å². The van der Waals surface area contributed by atoms with Crippen molar-refractivity contribution in [1.82, 2.24) is 9.55 Å². The minimum Gasteiger partial charge on any atom is -0.465 e. The Kier molecular flexibility index (Phi) is 5.36. The zero-order valence-electron chi connectivity index (χ0n) is 15.1. The van der Waals surface area contributed by atoms with Crippen molar-refractivity contribution in [3.8, 4) is 0 Å². The van der Waals surface area contributed by atoms with E-state index in [-0.39, 0.29) is 23.3 Å². The van der Waals surface area contributed by atoms with Crippen LogP contribution in [0.4, 0.5) is 0 Å². The van der Waals surface area contributed by atoms with Gasteiger partial charge in [-0.05, 0) is 51.0 Å². The standard InChI is InChI=1S/C19H24N2O3S2/c1-2-24-15(22)11-25-19-20-17-16(13-9-5-6-10-14(13)26-17)18(23)21(19)12-7-3-4-8-12/h12H,2-11H2,1H3. The van der Waals surface area contributed by atoms with Crippen molar-refractivity contribution in [2.24, 2.45) is 0 Å². The van der Waals surface area contributed by atoms with Gasteiger partial charge in [0.25, 0.3) is 5.56 Å². The first kappa shape index (κ1) is 18.0. The lowest BCUT2D eigenvalue weighted by molar-refractivity contribution is -0.139. The van der Waals surface area contributed by atoms with Crippen LogP contribution in [0.25, 0.3) is 10.2 Å². The molecular weight excluding hydrogens is 368 g/mol. The van der Waals surface area contributed by atoms with Crippen LogP contribution in [-0.4, -0.2) is 27.9 Å². The molecule has 2 aliphatic rings. The maximum absolute atomic E-state index is 13.4. The Morgan fingerprint density at radius 3 is 2.81 bits per heavy atom. The molecule has 0 amide bonds. The Morgan fingerprint density at radius 2 is 2.04 bits per heavy atom. The van der Waals surface area contributed by atoms with E-state index in [0.29, 0.717) is 11.8 Å². The van der Waals surface area contributed by atoms with E-state index < -0.39 is 0 Å². The molecule has 0 unspecified atom stereocenters. The highest BCUT2D eigenvalue weighted by Gasteiger charge is 2.27. The maximum Gasteiger partial charge on any atom is 0.316 e. The first-order valence-corrected chi connectivity index (χ1v) is 11.3. The molecule has 5 nitrogen and oxygen atoms in total. The summed E-state index contributed by atoms with van der Waals surface area (Å²) in [7, 11) is 0. The first-order valence-electron chi connectivity index (χ1n) is 9.54. The van der Waals surface area contributed by atoms with Crippen LogP contribution in [0, 0.1) is 0 Å². The first-order chi connectivity index (χ1) is 12.7. The second-order valence-electron chi connectivity index (χ2n) is 6.99. The van der Waals surface area contributed by atoms with Crippen molar-refractivity contribution in [3.05, 3.63) is 20.8 Å². The van der Waals surface area contributed by atoms with Gasteiger partial charge in [0.15, 0.2) is 5.16 Å². The fourth-order valence-electron chi connectivity index (χ4n) is 4.11. The van der Waals surface area contributed by atoms with E-state index in [0.717, 1.165) is 55.2 Å². The number of nitrogens with zero attached hydrogens (tertiary/aromatic N) is 2. The minimum atomic E-state index is -0.254. The maximum atomic E-state index is 13.4. The van der Waals surface area contributed by atoms with Crippen molar-refractivity contribution in [2.75, 3.05) is 12.4 Å². The molecular formula is C19H24N2O3S2. The second-order valence-corrected chi connectivity index (χ2v) is 9.02. The van der Waals surface area contributed by atoms with Crippen LogP contribution >= 0.6 is 23.1 Å². The molecule has 4 rings (SSSR count). The molecule has 2 heterocycles. The quantitative estimate of drug-likeness (QED) is 0.435. The SMILES string of the molecule is CCOC(=O)CSc1nc2sc3c(c2c(=O)n1C1CCCC1)CCCC3. The average molecular weight is 393 g/mol. The smallest absolute Gasteiger partial charge is 0.316 e. The Morgan fingerprint density at radius 1 is 1.27 bits per heavy atom. The number of fused-ring (bicyclic) bond motifs is 3. The predicted octanol–water partition coefficient (Wildman–Crippen LogP) is 4.11. The molecule has 2 aliphatic carbocycles. The van der Waals surface area contributed by atoms with Crippen LogP contribution < -0.4 is 5.56 Å². The van der Waals surface area contributed by atoms with Crippen LogP contribution in [0.15, 0.2) is 9.95 Å². The highest BCUT2D eigenvalue weighted by atomic mass is 32.2. The van der Waals surface area contributed by atoms with E-state index in [1.165, 1.54) is 28.6 Å². The lowest BCUT2D eigenvalue weighted by atomic mass is 9.97. The molecule has 1 fully saturated rings. The van der Waals surface area contributed by atoms with Gasteiger partial charge >= 0.3 is 5.97 Å². The third kappa shape index (κ3) is 3.31. The second kappa shape index (κ2) is 7.72. The van der Waals surface area contributed by atoms with Gasteiger partial charge in [-0.2, -0.15) is 0 Å². The Balaban J connectivity index is 1.79. The van der Waals surface area contributed by atoms with Crippen LogP contribution in [0.2, 0.25) is 0 Å². The molecule has 2 aromatic rings. The predicted molar refractivity (Wildman–Crippen MR) is 105 cm³/mol. The molecule has 26 heavy (non-hydrogen) atoms. The van der Waals surface area contributed by atoms with E-state index in [4.69, 9.17) is 9.72 Å².